The van der Waals surface area contributed by atoms with Crippen molar-refractivity contribution < 1.29 is 14.5 Å². The Hall–Kier alpha value is -2.60. The molecule has 0 spiro atoms. The fourth-order valence-electron chi connectivity index (χ4n) is 2.94. The van der Waals surface area contributed by atoms with Crippen molar-refractivity contribution in [2.24, 2.45) is 0 Å². The first-order valence-electron chi connectivity index (χ1n) is 8.77. The van der Waals surface area contributed by atoms with Gasteiger partial charge in [0.15, 0.2) is 13.1 Å². The van der Waals surface area contributed by atoms with Gasteiger partial charge in [-0.15, -0.1) is 0 Å². The summed E-state index contributed by atoms with van der Waals surface area (Å²) in [5.74, 6) is -0.442. The third kappa shape index (κ3) is 5.01. The normalized spacial score (nSPS) is 11.8. The summed E-state index contributed by atoms with van der Waals surface area (Å²) < 4.78 is 0. The average molecular weight is 417 g/mol. The number of hydrogen-bond acceptors (Lipinski definition) is 2. The van der Waals surface area contributed by atoms with E-state index in [0.717, 1.165) is 21.4 Å². The number of carbonyl (C=O) groups excluding carboxylic acids is 2. The van der Waals surface area contributed by atoms with E-state index in [0.29, 0.717) is 15.7 Å². The molecule has 5 nitrogen and oxygen atoms in total. The monoisotopic (exact) mass is 416 g/mol. The topological polar surface area (TPSA) is 62.6 Å². The molecule has 0 bridgehead atoms. The van der Waals surface area contributed by atoms with Gasteiger partial charge in [-0.05, 0) is 23.6 Å². The van der Waals surface area contributed by atoms with E-state index in [4.69, 9.17) is 23.2 Å². The molecule has 2 amide bonds. The van der Waals surface area contributed by atoms with Gasteiger partial charge in [-0.3, -0.25) is 9.59 Å². The summed E-state index contributed by atoms with van der Waals surface area (Å²) in [6, 6.07) is 18.6. The lowest BCUT2D eigenvalue weighted by Gasteiger charge is -2.15. The fourth-order valence-corrected chi connectivity index (χ4v) is 3.43. The molecule has 3 N–H and O–H groups in total. The minimum atomic E-state index is -0.273. The zero-order valence-electron chi connectivity index (χ0n) is 15.3. The smallest absolute Gasteiger partial charge is 0.279 e. The van der Waals surface area contributed by atoms with Crippen LogP contribution in [0.2, 0.25) is 10.0 Å². The SMILES string of the molecule is C[NH+](CC(=O)Nc1c(Cl)cccc1Cl)CC(=O)Nc1cccc2ccccc12. The minimum absolute atomic E-state index is 0.102. The second kappa shape index (κ2) is 9.06. The molecular formula is C21H20Cl2N3O2+. The van der Waals surface area contributed by atoms with Gasteiger partial charge in [0.1, 0.15) is 0 Å². The number of halogens is 2. The Morgan fingerprint density at radius 2 is 1.39 bits per heavy atom. The number of anilines is 2. The first-order valence-corrected chi connectivity index (χ1v) is 9.52. The lowest BCUT2D eigenvalue weighted by molar-refractivity contribution is -0.862. The molecule has 0 radical (unpaired) electrons. The van der Waals surface area contributed by atoms with Gasteiger partial charge in [0, 0.05) is 11.1 Å². The van der Waals surface area contributed by atoms with E-state index in [1.54, 1.807) is 25.2 Å². The molecule has 1 atom stereocenters. The summed E-state index contributed by atoms with van der Waals surface area (Å²) in [4.78, 5) is 25.4. The highest BCUT2D eigenvalue weighted by Gasteiger charge is 2.17. The first-order chi connectivity index (χ1) is 13.4. The third-order valence-electron chi connectivity index (χ3n) is 4.22. The number of rotatable bonds is 6. The lowest BCUT2D eigenvalue weighted by atomic mass is 10.1. The van der Waals surface area contributed by atoms with Crippen molar-refractivity contribution >= 4 is 57.2 Å². The van der Waals surface area contributed by atoms with Crippen molar-refractivity contribution in [1.29, 1.82) is 0 Å². The summed E-state index contributed by atoms with van der Waals surface area (Å²) in [6.45, 7) is 0.247. The molecule has 3 aromatic rings. The van der Waals surface area contributed by atoms with Crippen LogP contribution in [0.3, 0.4) is 0 Å². The van der Waals surface area contributed by atoms with Gasteiger partial charge in [0.25, 0.3) is 11.8 Å². The van der Waals surface area contributed by atoms with E-state index in [2.05, 4.69) is 10.6 Å². The molecule has 28 heavy (non-hydrogen) atoms. The van der Waals surface area contributed by atoms with Gasteiger partial charge in [0.2, 0.25) is 0 Å². The molecule has 144 valence electrons. The molecule has 0 heterocycles. The molecule has 0 aliphatic rings. The number of fused-ring (bicyclic) bond motifs is 1. The van der Waals surface area contributed by atoms with Crippen molar-refractivity contribution in [3.8, 4) is 0 Å². The highest BCUT2D eigenvalue weighted by atomic mass is 35.5. The largest absolute Gasteiger partial charge is 0.322 e. The Kier molecular flexibility index (Phi) is 6.52. The van der Waals surface area contributed by atoms with Crippen LogP contribution in [0.4, 0.5) is 11.4 Å². The minimum Gasteiger partial charge on any atom is -0.322 e. The number of likely N-dealkylation sites (N-methyl/N-ethyl adjacent to an activating group) is 1. The molecule has 7 heteroatoms. The Labute approximate surface area is 173 Å². The average Bonchev–Trinajstić information content (AvgIpc) is 2.65. The van der Waals surface area contributed by atoms with E-state index < -0.39 is 0 Å². The summed E-state index contributed by atoms with van der Waals surface area (Å²) in [5, 5.41) is 8.39. The van der Waals surface area contributed by atoms with Gasteiger partial charge in [-0.2, -0.15) is 0 Å². The number of para-hydroxylation sites is 1. The molecule has 0 saturated carbocycles. The van der Waals surface area contributed by atoms with Gasteiger partial charge < -0.3 is 15.5 Å². The predicted molar refractivity (Wildman–Crippen MR) is 114 cm³/mol. The van der Waals surface area contributed by atoms with Crippen molar-refractivity contribution in [3.63, 3.8) is 0 Å². The van der Waals surface area contributed by atoms with E-state index >= 15 is 0 Å². The van der Waals surface area contributed by atoms with Crippen LogP contribution in [0.1, 0.15) is 0 Å². The van der Waals surface area contributed by atoms with Crippen LogP contribution in [0, 0.1) is 0 Å². The van der Waals surface area contributed by atoms with E-state index in [1.807, 2.05) is 42.5 Å². The van der Waals surface area contributed by atoms with Crippen molar-refractivity contribution in [2.75, 3.05) is 30.8 Å². The number of nitrogens with one attached hydrogen (secondary N) is 3. The molecular weight excluding hydrogens is 397 g/mol. The summed E-state index contributed by atoms with van der Waals surface area (Å²) in [5.41, 5.74) is 1.13. The second-order valence-electron chi connectivity index (χ2n) is 6.53. The van der Waals surface area contributed by atoms with Crippen LogP contribution in [-0.2, 0) is 9.59 Å². The van der Waals surface area contributed by atoms with E-state index in [1.165, 1.54) is 0 Å². The Balaban J connectivity index is 1.57. The van der Waals surface area contributed by atoms with Crippen LogP contribution >= 0.6 is 23.2 Å². The Bertz CT molecular complexity index is 998. The van der Waals surface area contributed by atoms with Gasteiger partial charge in [0.05, 0.1) is 22.8 Å². The second-order valence-corrected chi connectivity index (χ2v) is 7.34. The zero-order valence-corrected chi connectivity index (χ0v) is 16.8. The molecule has 0 fully saturated rings. The maximum Gasteiger partial charge on any atom is 0.279 e. The summed E-state index contributed by atoms with van der Waals surface area (Å²) in [7, 11) is 1.77. The summed E-state index contributed by atoms with van der Waals surface area (Å²) in [6.07, 6.45) is 0. The maximum absolute atomic E-state index is 12.4. The molecule has 0 aliphatic heterocycles. The number of carbonyl (C=O) groups is 2. The highest BCUT2D eigenvalue weighted by Crippen LogP contribution is 2.29. The van der Waals surface area contributed by atoms with Gasteiger partial charge in [-0.25, -0.2) is 0 Å². The first kappa shape index (κ1) is 20.1. The standard InChI is InChI=1S/C21H19Cl2N3O2/c1-26(13-20(28)25-21-16(22)9-5-10-17(21)23)12-19(27)24-18-11-4-7-14-6-2-3-8-15(14)18/h2-11H,12-13H2,1H3,(H,24,27)(H,25,28)/p+1. The summed E-state index contributed by atoms with van der Waals surface area (Å²) >= 11 is 12.1. The third-order valence-corrected chi connectivity index (χ3v) is 4.85. The fraction of sp³-hybridized carbons (Fsp3) is 0.143. The van der Waals surface area contributed by atoms with Crippen LogP contribution in [0.5, 0.6) is 0 Å². The van der Waals surface area contributed by atoms with Gasteiger partial charge in [-0.1, -0.05) is 65.7 Å². The Morgan fingerprint density at radius 3 is 2.11 bits per heavy atom. The van der Waals surface area contributed by atoms with Crippen molar-refractivity contribution in [3.05, 3.63) is 70.7 Å². The molecule has 1 unspecified atom stereocenters. The molecule has 0 saturated heterocycles. The van der Waals surface area contributed by atoms with E-state index in [9.17, 15) is 9.59 Å². The molecule has 3 aromatic carbocycles. The lowest BCUT2D eigenvalue weighted by Crippen LogP contribution is -3.11. The number of benzene rings is 3. The maximum atomic E-state index is 12.4. The van der Waals surface area contributed by atoms with E-state index in [-0.39, 0.29) is 24.9 Å². The molecule has 3 rings (SSSR count). The van der Waals surface area contributed by atoms with Crippen LogP contribution in [0.25, 0.3) is 10.8 Å². The molecule has 0 aromatic heterocycles. The number of hydrogen-bond donors (Lipinski definition) is 3. The quantitative estimate of drug-likeness (QED) is 0.577. The number of quaternary nitrogens is 1. The molecule has 0 aliphatic carbocycles. The zero-order chi connectivity index (χ0) is 20.1. The van der Waals surface area contributed by atoms with Crippen molar-refractivity contribution in [2.45, 2.75) is 0 Å². The van der Waals surface area contributed by atoms with Crippen LogP contribution in [0.15, 0.2) is 60.7 Å². The predicted octanol–water partition coefficient (Wildman–Crippen LogP) is 3.24. The van der Waals surface area contributed by atoms with Crippen molar-refractivity contribution in [1.82, 2.24) is 0 Å². The van der Waals surface area contributed by atoms with Crippen LogP contribution in [-0.4, -0.2) is 32.0 Å². The van der Waals surface area contributed by atoms with Gasteiger partial charge >= 0.3 is 0 Å². The number of amides is 2. The Morgan fingerprint density at radius 1 is 0.821 bits per heavy atom. The van der Waals surface area contributed by atoms with Crippen LogP contribution < -0.4 is 15.5 Å². The highest BCUT2D eigenvalue weighted by molar-refractivity contribution is 6.39.